The van der Waals surface area contributed by atoms with Crippen molar-refractivity contribution in [2.24, 2.45) is 0 Å². The fraction of sp³-hybridized carbons (Fsp3) is 0.148. The molecule has 2 aromatic carbocycles. The first-order chi connectivity index (χ1) is 16.6. The molecule has 0 saturated carbocycles. The summed E-state index contributed by atoms with van der Waals surface area (Å²) >= 11 is 5.73. The van der Waals surface area contributed by atoms with Crippen molar-refractivity contribution in [3.05, 3.63) is 114 Å². The summed E-state index contributed by atoms with van der Waals surface area (Å²) in [5, 5.41) is 6.92. The van der Waals surface area contributed by atoms with Crippen LogP contribution in [0, 0.1) is 6.92 Å². The number of carbonyl (C=O) groups is 1. The number of pyridine rings is 1. The molecule has 2 aromatic heterocycles. The highest BCUT2D eigenvalue weighted by Gasteiger charge is 2.42. The Labute approximate surface area is 204 Å². The maximum absolute atomic E-state index is 13.0. The monoisotopic (exact) mass is 467 g/mol. The van der Waals surface area contributed by atoms with E-state index in [1.54, 1.807) is 6.20 Å². The van der Waals surface area contributed by atoms with E-state index in [9.17, 15) is 4.79 Å². The summed E-state index contributed by atoms with van der Waals surface area (Å²) in [4.78, 5) is 19.6. The van der Waals surface area contributed by atoms with Gasteiger partial charge in [-0.05, 0) is 73.2 Å². The summed E-state index contributed by atoms with van der Waals surface area (Å²) in [6.45, 7) is 2.20. The Hall–Kier alpha value is -3.97. The van der Waals surface area contributed by atoms with E-state index in [0.717, 1.165) is 22.8 Å². The Bertz CT molecular complexity index is 1300. The van der Waals surface area contributed by atoms with E-state index >= 15 is 0 Å². The van der Waals surface area contributed by atoms with E-state index in [0.29, 0.717) is 5.11 Å². The number of aromatic nitrogens is 2. The maximum Gasteiger partial charge on any atom is 0.244 e. The molecule has 7 heteroatoms. The number of aryl methyl sites for hydroxylation is 1. The number of rotatable bonds is 6. The molecule has 170 valence electrons. The van der Waals surface area contributed by atoms with Gasteiger partial charge >= 0.3 is 0 Å². The molecule has 0 unspecified atom stereocenters. The van der Waals surface area contributed by atoms with Crippen LogP contribution in [0.15, 0.2) is 97.3 Å². The van der Waals surface area contributed by atoms with Crippen LogP contribution in [-0.2, 0) is 4.79 Å². The molecule has 34 heavy (non-hydrogen) atoms. The number of hydrogen-bond acceptors (Lipinski definition) is 3. The predicted octanol–water partition coefficient (Wildman–Crippen LogP) is 4.79. The van der Waals surface area contributed by atoms with Gasteiger partial charge < -0.3 is 20.1 Å². The topological polar surface area (TPSA) is 62.2 Å². The highest BCUT2D eigenvalue weighted by Crippen LogP contribution is 2.39. The largest absolute Gasteiger partial charge is 0.352 e. The molecule has 1 amide bonds. The second-order valence-corrected chi connectivity index (χ2v) is 8.70. The average Bonchev–Trinajstić information content (AvgIpc) is 3.45. The average molecular weight is 468 g/mol. The smallest absolute Gasteiger partial charge is 0.244 e. The molecular weight excluding hydrogens is 442 g/mol. The van der Waals surface area contributed by atoms with Gasteiger partial charge in [-0.1, -0.05) is 36.4 Å². The Morgan fingerprint density at radius 2 is 1.85 bits per heavy atom. The van der Waals surface area contributed by atoms with Crippen LogP contribution < -0.4 is 10.6 Å². The van der Waals surface area contributed by atoms with Gasteiger partial charge in [0.1, 0.15) is 6.54 Å². The fourth-order valence-electron chi connectivity index (χ4n) is 4.42. The van der Waals surface area contributed by atoms with Crippen molar-refractivity contribution in [3.63, 3.8) is 0 Å². The van der Waals surface area contributed by atoms with E-state index in [1.807, 2.05) is 71.8 Å². The number of para-hydroxylation sites is 1. The second-order valence-electron chi connectivity index (χ2n) is 8.31. The van der Waals surface area contributed by atoms with Crippen molar-refractivity contribution in [2.45, 2.75) is 19.0 Å². The molecule has 1 aliphatic heterocycles. The van der Waals surface area contributed by atoms with Crippen molar-refractivity contribution < 1.29 is 4.79 Å². The predicted molar refractivity (Wildman–Crippen MR) is 138 cm³/mol. The zero-order valence-electron chi connectivity index (χ0n) is 18.8. The van der Waals surface area contributed by atoms with Gasteiger partial charge in [-0.25, -0.2) is 0 Å². The van der Waals surface area contributed by atoms with E-state index < -0.39 is 0 Å². The molecule has 0 spiro atoms. The van der Waals surface area contributed by atoms with Gasteiger partial charge in [-0.3, -0.25) is 9.78 Å². The molecule has 1 fully saturated rings. The first-order valence-electron chi connectivity index (χ1n) is 11.2. The number of anilines is 1. The Kier molecular flexibility index (Phi) is 6.10. The molecule has 0 radical (unpaired) electrons. The van der Waals surface area contributed by atoms with Crippen LogP contribution in [0.2, 0.25) is 0 Å². The van der Waals surface area contributed by atoms with Crippen molar-refractivity contribution in [2.75, 3.05) is 11.9 Å². The number of carbonyl (C=O) groups excluding carboxylic acids is 1. The van der Waals surface area contributed by atoms with E-state index in [1.165, 1.54) is 5.56 Å². The number of thiocarbonyl (C=S) groups is 1. The van der Waals surface area contributed by atoms with Gasteiger partial charge in [-0.15, -0.1) is 0 Å². The van der Waals surface area contributed by atoms with Crippen LogP contribution in [0.1, 0.15) is 29.0 Å². The van der Waals surface area contributed by atoms with Crippen molar-refractivity contribution >= 4 is 28.9 Å². The van der Waals surface area contributed by atoms with Crippen LogP contribution in [0.5, 0.6) is 0 Å². The van der Waals surface area contributed by atoms with Gasteiger partial charge in [0.2, 0.25) is 5.91 Å². The molecular formula is C27H25N5OS. The molecule has 6 nitrogen and oxygen atoms in total. The zero-order chi connectivity index (χ0) is 23.5. The van der Waals surface area contributed by atoms with Gasteiger partial charge in [0.15, 0.2) is 5.11 Å². The van der Waals surface area contributed by atoms with E-state index in [2.05, 4.69) is 51.4 Å². The van der Waals surface area contributed by atoms with Gasteiger partial charge in [0.05, 0.1) is 17.8 Å². The Balaban J connectivity index is 1.52. The van der Waals surface area contributed by atoms with Crippen molar-refractivity contribution in [1.82, 2.24) is 19.8 Å². The molecule has 4 aromatic rings. The third-order valence-corrected chi connectivity index (χ3v) is 6.28. The van der Waals surface area contributed by atoms with Crippen LogP contribution >= 0.6 is 12.2 Å². The highest BCUT2D eigenvalue weighted by atomic mass is 32.1. The van der Waals surface area contributed by atoms with Gasteiger partial charge in [0, 0.05) is 29.5 Å². The van der Waals surface area contributed by atoms with Gasteiger partial charge in [-0.2, -0.15) is 0 Å². The normalized spacial score (nSPS) is 17.4. The summed E-state index contributed by atoms with van der Waals surface area (Å²) < 4.78 is 2.16. The molecule has 2 atom stereocenters. The Morgan fingerprint density at radius 3 is 2.62 bits per heavy atom. The molecule has 5 rings (SSSR count). The highest BCUT2D eigenvalue weighted by molar-refractivity contribution is 7.80. The van der Waals surface area contributed by atoms with Crippen LogP contribution in [-0.4, -0.2) is 32.0 Å². The molecule has 1 aliphatic rings. The zero-order valence-corrected chi connectivity index (χ0v) is 19.6. The molecule has 2 N–H and O–H groups in total. The summed E-state index contributed by atoms with van der Waals surface area (Å²) in [5.41, 5.74) is 4.90. The Morgan fingerprint density at radius 1 is 1.03 bits per heavy atom. The minimum Gasteiger partial charge on any atom is -0.352 e. The van der Waals surface area contributed by atoms with Crippen LogP contribution in [0.3, 0.4) is 0 Å². The molecule has 1 saturated heterocycles. The number of amides is 1. The quantitative estimate of drug-likeness (QED) is 0.399. The number of nitrogens with one attached hydrogen (secondary N) is 2. The van der Waals surface area contributed by atoms with Crippen molar-refractivity contribution in [1.29, 1.82) is 0 Å². The number of benzene rings is 2. The summed E-state index contributed by atoms with van der Waals surface area (Å²) in [6, 6.07) is 27.3. The van der Waals surface area contributed by atoms with Crippen LogP contribution in [0.4, 0.5) is 5.69 Å². The number of hydrogen-bond donors (Lipinski definition) is 2. The lowest BCUT2D eigenvalue weighted by Gasteiger charge is -2.28. The van der Waals surface area contributed by atoms with Gasteiger partial charge in [0.25, 0.3) is 0 Å². The van der Waals surface area contributed by atoms with Crippen LogP contribution in [0.25, 0.3) is 5.69 Å². The SMILES string of the molecule is Cc1cccc(-n2cccc2[C@H]2[C@H](c3ccccn3)NC(=S)N2CC(=O)Nc2ccccc2)c1. The molecule has 0 bridgehead atoms. The third-order valence-electron chi connectivity index (χ3n) is 5.93. The first-order valence-corrected chi connectivity index (χ1v) is 11.6. The van der Waals surface area contributed by atoms with Crippen molar-refractivity contribution in [3.8, 4) is 5.69 Å². The number of nitrogens with zero attached hydrogens (tertiary/aromatic N) is 3. The third kappa shape index (κ3) is 4.43. The second kappa shape index (κ2) is 9.49. The summed E-state index contributed by atoms with van der Waals surface area (Å²) in [5.74, 6) is -0.129. The summed E-state index contributed by atoms with van der Waals surface area (Å²) in [6.07, 6.45) is 3.82. The lowest BCUT2D eigenvalue weighted by Crippen LogP contribution is -2.37. The van der Waals surface area contributed by atoms with E-state index in [-0.39, 0.29) is 24.5 Å². The fourth-order valence-corrected chi connectivity index (χ4v) is 4.73. The van der Waals surface area contributed by atoms with E-state index in [4.69, 9.17) is 12.2 Å². The summed E-state index contributed by atoms with van der Waals surface area (Å²) in [7, 11) is 0. The minimum absolute atomic E-state index is 0.119. The minimum atomic E-state index is -0.223. The molecule has 0 aliphatic carbocycles. The maximum atomic E-state index is 13.0. The first kappa shape index (κ1) is 21.9. The molecule has 3 heterocycles. The lowest BCUT2D eigenvalue weighted by molar-refractivity contribution is -0.116. The lowest BCUT2D eigenvalue weighted by atomic mass is 10.0. The standard InChI is InChI=1S/C27H25N5OS/c1-19-9-7-12-21(17-19)31-16-8-14-23(31)26-25(22-13-5-6-15-28-22)30-27(34)32(26)18-24(33)29-20-10-3-2-4-11-20/h2-17,25-26H,18H2,1H3,(H,29,33)(H,30,34)/t25-,26-/m0/s1.